The molecule has 34 heteroatoms. The first kappa shape index (κ1) is 60.3. The van der Waals surface area contributed by atoms with E-state index in [4.69, 9.17) is 54.8 Å². The van der Waals surface area contributed by atoms with Gasteiger partial charge in [-0.1, -0.05) is 68.2 Å². The Morgan fingerprint density at radius 1 is 0.662 bits per heavy atom. The maximum absolute atomic E-state index is 12.3. The average molecular weight is 1260 g/mol. The summed E-state index contributed by atoms with van der Waals surface area (Å²) in [6, 6.07) is 4.99. The van der Waals surface area contributed by atoms with Crippen LogP contribution in [0.4, 0.5) is 0 Å². The summed E-state index contributed by atoms with van der Waals surface area (Å²) < 4.78 is 48.7. The molecule has 0 bridgehead atoms. The average Bonchev–Trinajstić information content (AvgIpc) is 4.38. The zero-order chi connectivity index (χ0) is 57.9. The Morgan fingerprint density at radius 3 is 1.50 bits per heavy atom. The molecular formula is C46H42BrClN12O16S4. The molecule has 8 rings (SSSR count). The first-order valence-electron chi connectivity index (χ1n) is 23.0. The normalized spacial score (nSPS) is 22.2. The van der Waals surface area contributed by atoms with E-state index in [1.54, 1.807) is 16.8 Å². The number of nitrogens with zero attached hydrogens (tertiary/aromatic N) is 10. The lowest BCUT2D eigenvalue weighted by Gasteiger charge is -2.44. The summed E-state index contributed by atoms with van der Waals surface area (Å²) >= 11 is 13.5. The summed E-state index contributed by atoms with van der Waals surface area (Å²) in [6.45, 7) is 6.60. The van der Waals surface area contributed by atoms with Crippen molar-refractivity contribution in [2.75, 3.05) is 13.2 Å². The Labute approximate surface area is 480 Å². The molecular weight excluding hydrogens is 1220 g/mol. The largest absolute Gasteiger partial charge is 0.463 e. The molecule has 2 N–H and O–H groups in total. The van der Waals surface area contributed by atoms with Crippen LogP contribution in [-0.2, 0) is 66.7 Å². The van der Waals surface area contributed by atoms with Gasteiger partial charge in [0, 0.05) is 79.0 Å². The molecule has 10 atom stereocenters. The van der Waals surface area contributed by atoms with Gasteiger partial charge in [-0.3, -0.25) is 38.4 Å². The van der Waals surface area contributed by atoms with Crippen LogP contribution in [-0.4, -0.2) is 146 Å². The maximum Gasteiger partial charge on any atom is 0.304 e. The van der Waals surface area contributed by atoms with Crippen molar-refractivity contribution < 1.29 is 66.7 Å². The molecule has 0 amide bonds. The van der Waals surface area contributed by atoms with Crippen LogP contribution in [0.3, 0.4) is 0 Å². The number of aromatic amines is 2. The van der Waals surface area contributed by atoms with E-state index >= 15 is 0 Å². The molecule has 0 radical (unpaired) electrons. The molecule has 80 heavy (non-hydrogen) atoms. The van der Waals surface area contributed by atoms with Crippen LogP contribution >= 0.6 is 73.7 Å². The molecule has 6 aromatic rings. The summed E-state index contributed by atoms with van der Waals surface area (Å²) in [7, 11) is 0. The molecule has 28 nitrogen and oxygen atoms in total. The summed E-state index contributed by atoms with van der Waals surface area (Å²) in [6.07, 6.45) is -0.826. The van der Waals surface area contributed by atoms with E-state index in [0.29, 0.717) is 37.0 Å². The van der Waals surface area contributed by atoms with Crippen molar-refractivity contribution in [3.05, 3.63) is 87.9 Å². The van der Waals surface area contributed by atoms with E-state index in [1.807, 2.05) is 12.1 Å². The lowest BCUT2D eigenvalue weighted by Crippen LogP contribution is -2.57. The standard InChI is InChI=1S/C23H21BrN6O8S2.C23H21ClN6O8S2/c1-10(31)35-8-17-20(36-11(2)32)19(30-7-15(28-29-30)16-9-39-23(34)27-16)21(37-12(3)33)22(38-17)40-18-4-13(24)6-26-14(18)5-25;1-10(31)35-8-18-20(36-11(2)32)19(30-7-16(28-29-30)17-9-39-23(34)27-17)21(37-12(3)33)22(38-18)40-13-4-14(24)15(5-25)26-6-13/h4,6-7,9,17,19-22H,8H2,1-3H3,(H,27,34);4,6-7,9,18-22H,8H2,1-3H3,(H,27,34)/t17?,19?,20-,21-,22+;18?,19?,20-,21-,22+/m00/s1. The number of aromatic nitrogens is 10. The molecule has 0 spiro atoms. The highest BCUT2D eigenvalue weighted by atomic mass is 79.9. The van der Waals surface area contributed by atoms with Crippen LogP contribution in [0, 0.1) is 22.7 Å². The monoisotopic (exact) mass is 1260 g/mol. The minimum absolute atomic E-state index is 0.0225. The first-order valence-corrected chi connectivity index (χ1v) is 27.7. The van der Waals surface area contributed by atoms with Crippen molar-refractivity contribution in [2.24, 2.45) is 0 Å². The lowest BCUT2D eigenvalue weighted by atomic mass is 9.96. The van der Waals surface area contributed by atoms with Gasteiger partial charge in [0.1, 0.15) is 71.9 Å². The number of carbonyl (C=O) groups is 6. The number of H-pyrrole nitrogens is 2. The molecule has 2 saturated heterocycles. The Bertz CT molecular complexity index is 3480. The highest BCUT2D eigenvalue weighted by Gasteiger charge is 2.54. The second-order valence-electron chi connectivity index (χ2n) is 16.7. The van der Waals surface area contributed by atoms with Crippen LogP contribution < -0.4 is 9.75 Å². The van der Waals surface area contributed by atoms with Gasteiger partial charge >= 0.3 is 45.6 Å². The number of hydrogen-bond acceptors (Lipinski definition) is 28. The Hall–Kier alpha value is -7.37. The van der Waals surface area contributed by atoms with Gasteiger partial charge in [0.05, 0.1) is 28.8 Å². The number of nitrogens with one attached hydrogen (secondary N) is 2. The van der Waals surface area contributed by atoms with Crippen molar-refractivity contribution in [1.82, 2.24) is 49.9 Å². The van der Waals surface area contributed by atoms with Crippen LogP contribution in [0.25, 0.3) is 22.8 Å². The number of halogens is 2. The van der Waals surface area contributed by atoms with Crippen LogP contribution in [0.5, 0.6) is 0 Å². The predicted octanol–water partition coefficient (Wildman–Crippen LogP) is 4.31. The first-order chi connectivity index (χ1) is 38.1. The smallest absolute Gasteiger partial charge is 0.304 e. The topological polar surface area (TPSA) is 377 Å². The fraction of sp³-hybridized carbons (Fsp3) is 0.391. The summed E-state index contributed by atoms with van der Waals surface area (Å²) in [5, 5.41) is 38.6. The minimum atomic E-state index is -1.16. The van der Waals surface area contributed by atoms with E-state index in [0.717, 1.165) is 46.2 Å². The molecule has 6 aromatic heterocycles. The molecule has 0 aromatic carbocycles. The van der Waals surface area contributed by atoms with Gasteiger partial charge in [-0.05, 0) is 28.1 Å². The van der Waals surface area contributed by atoms with Crippen molar-refractivity contribution in [3.8, 4) is 34.9 Å². The molecule has 8 heterocycles. The number of thioether (sulfide) groups is 2. The second-order valence-corrected chi connectivity index (χ2v) is 22.0. The van der Waals surface area contributed by atoms with Crippen molar-refractivity contribution >= 4 is 110 Å². The van der Waals surface area contributed by atoms with E-state index in [1.165, 1.54) is 81.8 Å². The van der Waals surface area contributed by atoms with Crippen LogP contribution in [0.15, 0.2) is 71.5 Å². The van der Waals surface area contributed by atoms with Gasteiger partial charge in [0.25, 0.3) is 0 Å². The fourth-order valence-electron chi connectivity index (χ4n) is 7.88. The maximum atomic E-state index is 12.3. The fourth-order valence-corrected chi connectivity index (χ4v) is 12.1. The molecule has 420 valence electrons. The number of nitriles is 2. The highest BCUT2D eigenvalue weighted by Crippen LogP contribution is 2.44. The minimum Gasteiger partial charge on any atom is -0.463 e. The van der Waals surface area contributed by atoms with E-state index in [9.17, 15) is 43.6 Å². The van der Waals surface area contributed by atoms with E-state index in [-0.39, 0.29) is 39.4 Å². The molecule has 2 fully saturated rings. The van der Waals surface area contributed by atoms with Crippen molar-refractivity contribution in [1.29, 1.82) is 10.5 Å². The number of rotatable bonds is 16. The van der Waals surface area contributed by atoms with Crippen LogP contribution in [0.1, 0.15) is 65.0 Å². The number of thiazole rings is 2. The SMILES string of the molecule is CC(=O)OCC1O[C@H](Sc2cc(Br)cnc2C#N)[C@@H](OC(C)=O)C(n2cc(-c3csc(=O)[nH]3)nn2)[C@H]1OC(C)=O.CC(=O)OCC1O[C@H](Sc2cnc(C#N)c(Cl)c2)[C@@H](OC(C)=O)C(n2cc(-c3csc(=O)[nH]3)nn2)[C@H]1OC(C)=O. The summed E-state index contributed by atoms with van der Waals surface area (Å²) in [5.41, 5.74) is -0.468. The van der Waals surface area contributed by atoms with E-state index < -0.39 is 95.4 Å². The Kier molecular flexibility index (Phi) is 20.5. The quantitative estimate of drug-likeness (QED) is 0.101. The number of carbonyl (C=O) groups excluding carboxylic acids is 6. The van der Waals surface area contributed by atoms with Gasteiger partial charge < -0.3 is 47.9 Å². The van der Waals surface area contributed by atoms with Crippen molar-refractivity contribution in [2.45, 2.75) is 111 Å². The molecule has 4 unspecified atom stereocenters. The highest BCUT2D eigenvalue weighted by molar-refractivity contribution is 9.10. The lowest BCUT2D eigenvalue weighted by molar-refractivity contribution is -0.213. The third-order valence-corrected chi connectivity index (χ3v) is 15.3. The van der Waals surface area contributed by atoms with Crippen molar-refractivity contribution in [3.63, 3.8) is 0 Å². The number of hydrogen-bond donors (Lipinski definition) is 2. The van der Waals surface area contributed by atoms with Gasteiger partial charge in [-0.15, -0.1) is 10.2 Å². The zero-order valence-electron chi connectivity index (χ0n) is 42.2. The summed E-state index contributed by atoms with van der Waals surface area (Å²) in [5.74, 6) is -3.88. The number of esters is 6. The molecule has 0 saturated carbocycles. The zero-order valence-corrected chi connectivity index (χ0v) is 47.8. The Morgan fingerprint density at radius 2 is 1.10 bits per heavy atom. The third-order valence-electron chi connectivity index (χ3n) is 10.9. The van der Waals surface area contributed by atoms with Crippen LogP contribution in [0.2, 0.25) is 5.02 Å². The number of ether oxygens (including phenoxy) is 8. The third kappa shape index (κ3) is 15.5. The molecule has 0 aliphatic carbocycles. The predicted molar refractivity (Wildman–Crippen MR) is 281 cm³/mol. The molecule has 2 aliphatic rings. The number of pyridine rings is 2. The van der Waals surface area contributed by atoms with Gasteiger partial charge in [-0.25, -0.2) is 19.3 Å². The van der Waals surface area contributed by atoms with E-state index in [2.05, 4.69) is 56.5 Å². The van der Waals surface area contributed by atoms with Gasteiger partial charge in [0.15, 0.2) is 35.8 Å². The van der Waals surface area contributed by atoms with Gasteiger partial charge in [-0.2, -0.15) is 10.5 Å². The summed E-state index contributed by atoms with van der Waals surface area (Å²) in [4.78, 5) is 109. The molecule has 2 aliphatic heterocycles. The second kappa shape index (κ2) is 27.2. The Balaban J connectivity index is 0.000000231. The van der Waals surface area contributed by atoms with Gasteiger partial charge in [0.2, 0.25) is 0 Å².